The van der Waals surface area contributed by atoms with Crippen molar-refractivity contribution in [3.8, 4) is 0 Å². The van der Waals surface area contributed by atoms with E-state index in [9.17, 15) is 0 Å². The monoisotopic (exact) mass is 179 g/mol. The molecule has 0 aliphatic rings. The van der Waals surface area contributed by atoms with Gasteiger partial charge in [0.1, 0.15) is 6.73 Å². The van der Waals surface area contributed by atoms with E-state index in [2.05, 4.69) is 5.32 Å². The first-order valence-corrected chi connectivity index (χ1v) is 4.51. The van der Waals surface area contributed by atoms with Gasteiger partial charge in [0.05, 0.1) is 5.60 Å². The number of hydrogen-bond acceptors (Lipinski definition) is 2. The highest BCUT2D eigenvalue weighted by Gasteiger charge is 2.08. The van der Waals surface area contributed by atoms with E-state index < -0.39 is 0 Å². The lowest BCUT2D eigenvalue weighted by Crippen LogP contribution is -2.22. The first-order chi connectivity index (χ1) is 6.08. The van der Waals surface area contributed by atoms with Crippen LogP contribution in [0.1, 0.15) is 20.8 Å². The molecule has 0 unspecified atom stereocenters. The summed E-state index contributed by atoms with van der Waals surface area (Å²) in [6, 6.07) is 10.0. The number of anilines is 1. The van der Waals surface area contributed by atoms with Crippen molar-refractivity contribution in [3.63, 3.8) is 0 Å². The van der Waals surface area contributed by atoms with Crippen molar-refractivity contribution in [2.45, 2.75) is 26.4 Å². The molecule has 0 spiro atoms. The van der Waals surface area contributed by atoms with Gasteiger partial charge in [0.2, 0.25) is 0 Å². The molecular weight excluding hydrogens is 162 g/mol. The van der Waals surface area contributed by atoms with E-state index in [1.165, 1.54) is 0 Å². The third-order valence-electron chi connectivity index (χ3n) is 1.56. The largest absolute Gasteiger partial charge is 0.363 e. The fourth-order valence-electron chi connectivity index (χ4n) is 0.892. The lowest BCUT2D eigenvalue weighted by atomic mass is 10.2. The molecule has 0 aliphatic heterocycles. The van der Waals surface area contributed by atoms with E-state index in [0.717, 1.165) is 5.69 Å². The van der Waals surface area contributed by atoms with Gasteiger partial charge in [-0.25, -0.2) is 0 Å². The standard InChI is InChI=1S/C11H17NO/c1-11(2,3)13-9-12-10-7-5-4-6-8-10/h4-8,12H,9H2,1-3H3. The van der Waals surface area contributed by atoms with Gasteiger partial charge in [0.25, 0.3) is 0 Å². The van der Waals surface area contributed by atoms with Crippen molar-refractivity contribution in [3.05, 3.63) is 30.3 Å². The summed E-state index contributed by atoms with van der Waals surface area (Å²) >= 11 is 0. The van der Waals surface area contributed by atoms with E-state index >= 15 is 0 Å². The minimum atomic E-state index is -0.0816. The molecule has 1 rings (SSSR count). The maximum atomic E-state index is 5.52. The molecule has 0 saturated carbocycles. The van der Waals surface area contributed by atoms with Crippen molar-refractivity contribution >= 4 is 5.69 Å². The Kier molecular flexibility index (Phi) is 3.32. The van der Waals surface area contributed by atoms with Crippen LogP contribution in [0.25, 0.3) is 0 Å². The third-order valence-corrected chi connectivity index (χ3v) is 1.56. The van der Waals surface area contributed by atoms with Crippen LogP contribution >= 0.6 is 0 Å². The normalized spacial score (nSPS) is 11.3. The molecule has 2 heteroatoms. The van der Waals surface area contributed by atoms with Crippen molar-refractivity contribution in [1.82, 2.24) is 0 Å². The summed E-state index contributed by atoms with van der Waals surface area (Å²) < 4.78 is 5.52. The molecule has 0 fully saturated rings. The molecular formula is C11H17NO. The minimum Gasteiger partial charge on any atom is -0.363 e. The van der Waals surface area contributed by atoms with Crippen LogP contribution in [0.15, 0.2) is 30.3 Å². The van der Waals surface area contributed by atoms with Gasteiger partial charge >= 0.3 is 0 Å². The first kappa shape index (κ1) is 10.1. The van der Waals surface area contributed by atoms with Crippen LogP contribution < -0.4 is 5.32 Å². The second-order valence-electron chi connectivity index (χ2n) is 3.94. The van der Waals surface area contributed by atoms with Crippen LogP contribution in [0, 0.1) is 0 Å². The molecule has 0 bridgehead atoms. The quantitative estimate of drug-likeness (QED) is 0.720. The Balaban J connectivity index is 2.29. The molecule has 0 radical (unpaired) electrons. The van der Waals surface area contributed by atoms with Crippen molar-refractivity contribution in [1.29, 1.82) is 0 Å². The molecule has 0 saturated heterocycles. The fraction of sp³-hybridized carbons (Fsp3) is 0.455. The van der Waals surface area contributed by atoms with E-state index in [1.54, 1.807) is 0 Å². The first-order valence-electron chi connectivity index (χ1n) is 4.51. The van der Waals surface area contributed by atoms with Crippen molar-refractivity contribution in [2.75, 3.05) is 12.0 Å². The number of hydrogen-bond donors (Lipinski definition) is 1. The highest BCUT2D eigenvalue weighted by Crippen LogP contribution is 2.08. The lowest BCUT2D eigenvalue weighted by molar-refractivity contribution is 0.00846. The molecule has 13 heavy (non-hydrogen) atoms. The Morgan fingerprint density at radius 1 is 1.15 bits per heavy atom. The second kappa shape index (κ2) is 4.28. The maximum Gasteiger partial charge on any atom is 0.117 e. The summed E-state index contributed by atoms with van der Waals surface area (Å²) in [6.45, 7) is 6.67. The number of ether oxygens (including phenoxy) is 1. The highest BCUT2D eigenvalue weighted by molar-refractivity contribution is 5.41. The zero-order valence-electron chi connectivity index (χ0n) is 8.50. The van der Waals surface area contributed by atoms with Gasteiger partial charge in [-0.05, 0) is 32.9 Å². The highest BCUT2D eigenvalue weighted by atomic mass is 16.5. The van der Waals surface area contributed by atoms with Gasteiger partial charge in [0, 0.05) is 5.69 Å². The van der Waals surface area contributed by atoms with Crippen molar-refractivity contribution in [2.24, 2.45) is 0 Å². The van der Waals surface area contributed by atoms with Gasteiger partial charge < -0.3 is 10.1 Å². The van der Waals surface area contributed by atoms with Crippen LogP contribution in [-0.4, -0.2) is 12.3 Å². The van der Waals surface area contributed by atoms with E-state index in [-0.39, 0.29) is 5.60 Å². The molecule has 1 aromatic rings. The Morgan fingerprint density at radius 2 is 1.77 bits per heavy atom. The molecule has 0 heterocycles. The fourth-order valence-corrected chi connectivity index (χ4v) is 0.892. The number of para-hydroxylation sites is 1. The SMILES string of the molecule is CC(C)(C)OCNc1ccccc1. The predicted molar refractivity (Wildman–Crippen MR) is 55.8 cm³/mol. The third kappa shape index (κ3) is 4.53. The van der Waals surface area contributed by atoms with Gasteiger partial charge in [-0.2, -0.15) is 0 Å². The summed E-state index contributed by atoms with van der Waals surface area (Å²) in [6.07, 6.45) is 0. The zero-order valence-corrected chi connectivity index (χ0v) is 8.50. The molecule has 72 valence electrons. The molecule has 0 aromatic heterocycles. The lowest BCUT2D eigenvalue weighted by Gasteiger charge is -2.20. The van der Waals surface area contributed by atoms with E-state index in [4.69, 9.17) is 4.74 Å². The number of benzene rings is 1. The van der Waals surface area contributed by atoms with Gasteiger partial charge in [-0.15, -0.1) is 0 Å². The smallest absolute Gasteiger partial charge is 0.117 e. The Labute approximate surface area is 79.9 Å². The van der Waals surface area contributed by atoms with Gasteiger partial charge in [-0.3, -0.25) is 0 Å². The number of nitrogens with one attached hydrogen (secondary N) is 1. The van der Waals surface area contributed by atoms with Crippen LogP contribution in [0.4, 0.5) is 5.69 Å². The summed E-state index contributed by atoms with van der Waals surface area (Å²) in [4.78, 5) is 0. The van der Waals surface area contributed by atoms with E-state index in [1.807, 2.05) is 51.1 Å². The zero-order chi connectivity index (χ0) is 9.73. The number of rotatable bonds is 3. The molecule has 0 atom stereocenters. The van der Waals surface area contributed by atoms with Crippen LogP contribution in [-0.2, 0) is 4.74 Å². The molecule has 0 amide bonds. The van der Waals surface area contributed by atoms with Crippen molar-refractivity contribution < 1.29 is 4.74 Å². The second-order valence-corrected chi connectivity index (χ2v) is 3.94. The minimum absolute atomic E-state index is 0.0816. The summed E-state index contributed by atoms with van der Waals surface area (Å²) in [5.41, 5.74) is 1.01. The predicted octanol–water partition coefficient (Wildman–Crippen LogP) is 2.87. The Bertz CT molecular complexity index is 238. The average molecular weight is 179 g/mol. The Hall–Kier alpha value is -1.02. The average Bonchev–Trinajstić information content (AvgIpc) is 2.04. The summed E-state index contributed by atoms with van der Waals surface area (Å²) in [5, 5.41) is 3.18. The molecule has 2 nitrogen and oxygen atoms in total. The molecule has 1 N–H and O–H groups in total. The Morgan fingerprint density at radius 3 is 2.31 bits per heavy atom. The molecule has 1 aromatic carbocycles. The summed E-state index contributed by atoms with van der Waals surface area (Å²) in [7, 11) is 0. The van der Waals surface area contributed by atoms with E-state index in [0.29, 0.717) is 6.73 Å². The van der Waals surface area contributed by atoms with Crippen LogP contribution in [0.3, 0.4) is 0 Å². The topological polar surface area (TPSA) is 21.3 Å². The van der Waals surface area contributed by atoms with Crippen LogP contribution in [0.5, 0.6) is 0 Å². The van der Waals surface area contributed by atoms with Crippen LogP contribution in [0.2, 0.25) is 0 Å². The maximum absolute atomic E-state index is 5.52. The van der Waals surface area contributed by atoms with Gasteiger partial charge in [-0.1, -0.05) is 18.2 Å². The molecule has 0 aliphatic carbocycles. The summed E-state index contributed by atoms with van der Waals surface area (Å²) in [5.74, 6) is 0. The van der Waals surface area contributed by atoms with Gasteiger partial charge in [0.15, 0.2) is 0 Å².